The average Bonchev–Trinajstić information content (AvgIpc) is 2.55. The van der Waals surface area contributed by atoms with Crippen molar-refractivity contribution in [3.05, 3.63) is 78.1 Å². The number of hydrogen-bond donors (Lipinski definition) is 0. The Morgan fingerprint density at radius 2 is 1.86 bits per heavy atom. The molecule has 0 atom stereocenters. The third-order valence-corrected chi connectivity index (χ3v) is 3.49. The fraction of sp³-hybridized carbons (Fsp3) is 0.111. The highest BCUT2D eigenvalue weighted by Crippen LogP contribution is 2.17. The lowest BCUT2D eigenvalue weighted by molar-refractivity contribution is 0.0784. The van der Waals surface area contributed by atoms with Gasteiger partial charge in [0.15, 0.2) is 0 Å². The van der Waals surface area contributed by atoms with Crippen LogP contribution in [0.15, 0.2) is 67.0 Å². The first-order chi connectivity index (χ1) is 10.2. The van der Waals surface area contributed by atoms with Crippen molar-refractivity contribution in [2.45, 2.75) is 6.54 Å². The summed E-state index contributed by atoms with van der Waals surface area (Å²) in [5, 5.41) is 2.40. The standard InChI is InChI=1S/C18H16N2O/c1-20(18(21)17-7-4-10-19-12-17)13-14-8-9-15-5-2-3-6-16(15)11-14/h2-12H,13H2,1H3. The second kappa shape index (κ2) is 5.75. The Morgan fingerprint density at radius 3 is 2.62 bits per heavy atom. The molecule has 21 heavy (non-hydrogen) atoms. The molecule has 0 N–H and O–H groups in total. The molecule has 0 bridgehead atoms. The molecule has 2 aromatic carbocycles. The Morgan fingerprint density at radius 1 is 1.05 bits per heavy atom. The molecule has 0 fully saturated rings. The van der Waals surface area contributed by atoms with E-state index in [1.807, 2.05) is 19.2 Å². The van der Waals surface area contributed by atoms with E-state index in [0.29, 0.717) is 12.1 Å². The monoisotopic (exact) mass is 276 g/mol. The van der Waals surface area contributed by atoms with Crippen molar-refractivity contribution in [2.24, 2.45) is 0 Å². The number of carbonyl (C=O) groups excluding carboxylic acids is 1. The van der Waals surface area contributed by atoms with Crippen molar-refractivity contribution in [2.75, 3.05) is 7.05 Å². The van der Waals surface area contributed by atoms with E-state index in [4.69, 9.17) is 0 Å². The van der Waals surface area contributed by atoms with Crippen LogP contribution in [-0.2, 0) is 6.54 Å². The lowest BCUT2D eigenvalue weighted by Crippen LogP contribution is -2.26. The van der Waals surface area contributed by atoms with Gasteiger partial charge in [-0.3, -0.25) is 9.78 Å². The Labute approximate surface area is 123 Å². The summed E-state index contributed by atoms with van der Waals surface area (Å²) in [7, 11) is 1.81. The van der Waals surface area contributed by atoms with Crippen LogP contribution in [0.3, 0.4) is 0 Å². The number of fused-ring (bicyclic) bond motifs is 1. The summed E-state index contributed by atoms with van der Waals surface area (Å²) in [6.45, 7) is 0.582. The van der Waals surface area contributed by atoms with E-state index in [1.165, 1.54) is 10.8 Å². The molecule has 1 aromatic heterocycles. The van der Waals surface area contributed by atoms with E-state index in [-0.39, 0.29) is 5.91 Å². The maximum Gasteiger partial charge on any atom is 0.255 e. The summed E-state index contributed by atoms with van der Waals surface area (Å²) in [6.07, 6.45) is 3.26. The van der Waals surface area contributed by atoms with E-state index in [0.717, 1.165) is 5.56 Å². The molecule has 0 aliphatic carbocycles. The number of hydrogen-bond acceptors (Lipinski definition) is 2. The first kappa shape index (κ1) is 13.3. The van der Waals surface area contributed by atoms with Gasteiger partial charge in [-0.05, 0) is 34.5 Å². The lowest BCUT2D eigenvalue weighted by atomic mass is 10.1. The average molecular weight is 276 g/mol. The Balaban J connectivity index is 1.80. The number of benzene rings is 2. The van der Waals surface area contributed by atoms with Crippen LogP contribution in [0.4, 0.5) is 0 Å². The van der Waals surface area contributed by atoms with Crippen LogP contribution in [-0.4, -0.2) is 22.8 Å². The summed E-state index contributed by atoms with van der Waals surface area (Å²) in [4.78, 5) is 18.0. The summed E-state index contributed by atoms with van der Waals surface area (Å²) in [6, 6.07) is 18.1. The lowest BCUT2D eigenvalue weighted by Gasteiger charge is -2.17. The number of carbonyl (C=O) groups is 1. The summed E-state index contributed by atoms with van der Waals surface area (Å²) < 4.78 is 0. The van der Waals surface area contributed by atoms with Crippen LogP contribution in [0.5, 0.6) is 0 Å². The SMILES string of the molecule is CN(Cc1ccc2ccccc2c1)C(=O)c1cccnc1. The minimum Gasteiger partial charge on any atom is -0.337 e. The Bertz CT molecular complexity index is 768. The largest absolute Gasteiger partial charge is 0.337 e. The van der Waals surface area contributed by atoms with Gasteiger partial charge in [-0.1, -0.05) is 36.4 Å². The molecule has 3 aromatic rings. The normalized spacial score (nSPS) is 10.5. The molecule has 0 unspecified atom stereocenters. The second-order valence-electron chi connectivity index (χ2n) is 5.08. The van der Waals surface area contributed by atoms with Gasteiger partial charge in [0.25, 0.3) is 5.91 Å². The van der Waals surface area contributed by atoms with E-state index < -0.39 is 0 Å². The minimum absolute atomic E-state index is 0.0174. The maximum absolute atomic E-state index is 12.3. The van der Waals surface area contributed by atoms with Crippen LogP contribution in [0.1, 0.15) is 15.9 Å². The summed E-state index contributed by atoms with van der Waals surface area (Å²) >= 11 is 0. The fourth-order valence-corrected chi connectivity index (χ4v) is 2.39. The van der Waals surface area contributed by atoms with Crippen molar-refractivity contribution < 1.29 is 4.79 Å². The molecule has 0 spiro atoms. The number of rotatable bonds is 3. The third-order valence-electron chi connectivity index (χ3n) is 3.49. The zero-order valence-corrected chi connectivity index (χ0v) is 11.9. The van der Waals surface area contributed by atoms with Crippen molar-refractivity contribution in [3.8, 4) is 0 Å². The van der Waals surface area contributed by atoms with Crippen LogP contribution >= 0.6 is 0 Å². The molecule has 0 saturated heterocycles. The highest BCUT2D eigenvalue weighted by molar-refractivity contribution is 5.93. The van der Waals surface area contributed by atoms with Gasteiger partial charge in [-0.25, -0.2) is 0 Å². The molecule has 0 saturated carbocycles. The molecule has 3 heteroatoms. The van der Waals surface area contributed by atoms with Crippen molar-refractivity contribution in [1.29, 1.82) is 0 Å². The molecule has 0 radical (unpaired) electrons. The third kappa shape index (κ3) is 2.92. The molecule has 1 heterocycles. The molecule has 1 amide bonds. The quantitative estimate of drug-likeness (QED) is 0.733. The topological polar surface area (TPSA) is 33.2 Å². The van der Waals surface area contributed by atoms with Gasteiger partial charge in [0.05, 0.1) is 5.56 Å². The molecule has 3 nitrogen and oxygen atoms in total. The number of nitrogens with zero attached hydrogens (tertiary/aromatic N) is 2. The number of aromatic nitrogens is 1. The van der Waals surface area contributed by atoms with Crippen LogP contribution in [0.25, 0.3) is 10.8 Å². The fourth-order valence-electron chi connectivity index (χ4n) is 2.39. The van der Waals surface area contributed by atoms with Gasteiger partial charge in [0.1, 0.15) is 0 Å². The Hall–Kier alpha value is -2.68. The summed E-state index contributed by atoms with van der Waals surface area (Å²) in [5.41, 5.74) is 1.73. The molecular formula is C18H16N2O. The van der Waals surface area contributed by atoms with Gasteiger partial charge >= 0.3 is 0 Å². The van der Waals surface area contributed by atoms with E-state index in [9.17, 15) is 4.79 Å². The minimum atomic E-state index is -0.0174. The van der Waals surface area contributed by atoms with Crippen LogP contribution in [0, 0.1) is 0 Å². The second-order valence-corrected chi connectivity index (χ2v) is 5.08. The summed E-state index contributed by atoms with van der Waals surface area (Å²) in [5.74, 6) is -0.0174. The molecule has 0 aliphatic heterocycles. The first-order valence-electron chi connectivity index (χ1n) is 6.87. The maximum atomic E-state index is 12.3. The van der Waals surface area contributed by atoms with Crippen molar-refractivity contribution in [1.82, 2.24) is 9.88 Å². The van der Waals surface area contributed by atoms with Crippen molar-refractivity contribution >= 4 is 16.7 Å². The van der Waals surface area contributed by atoms with Gasteiger partial charge < -0.3 is 4.90 Å². The smallest absolute Gasteiger partial charge is 0.255 e. The zero-order valence-electron chi connectivity index (χ0n) is 11.9. The zero-order chi connectivity index (χ0) is 14.7. The predicted molar refractivity (Wildman–Crippen MR) is 84.0 cm³/mol. The molecule has 3 rings (SSSR count). The molecule has 104 valence electrons. The number of pyridine rings is 1. The highest BCUT2D eigenvalue weighted by atomic mass is 16.2. The van der Waals surface area contributed by atoms with E-state index >= 15 is 0 Å². The Kier molecular flexibility index (Phi) is 3.65. The van der Waals surface area contributed by atoms with Gasteiger partial charge in [-0.2, -0.15) is 0 Å². The van der Waals surface area contributed by atoms with Gasteiger partial charge in [0, 0.05) is 26.0 Å². The number of amides is 1. The first-order valence-corrected chi connectivity index (χ1v) is 6.87. The van der Waals surface area contributed by atoms with Crippen molar-refractivity contribution in [3.63, 3.8) is 0 Å². The van der Waals surface area contributed by atoms with E-state index in [2.05, 4.69) is 35.3 Å². The van der Waals surface area contributed by atoms with Gasteiger partial charge in [-0.15, -0.1) is 0 Å². The molecule has 0 aliphatic rings. The molecular weight excluding hydrogens is 260 g/mol. The van der Waals surface area contributed by atoms with Gasteiger partial charge in [0.2, 0.25) is 0 Å². The highest BCUT2D eigenvalue weighted by Gasteiger charge is 2.11. The van der Waals surface area contributed by atoms with Crippen LogP contribution in [0.2, 0.25) is 0 Å². The van der Waals surface area contributed by atoms with Crippen LogP contribution < -0.4 is 0 Å². The van der Waals surface area contributed by atoms with E-state index in [1.54, 1.807) is 29.4 Å². The predicted octanol–water partition coefficient (Wildman–Crippen LogP) is 3.51.